The first-order valence-electron chi connectivity index (χ1n) is 7.49. The van der Waals surface area contributed by atoms with Gasteiger partial charge in [-0.1, -0.05) is 31.9 Å². The first-order chi connectivity index (χ1) is 9.65. The molecule has 0 bridgehead atoms. The zero-order chi connectivity index (χ0) is 14.5. The molecule has 0 radical (unpaired) electrons. The maximum atomic E-state index is 13.1. The summed E-state index contributed by atoms with van der Waals surface area (Å²) in [6.45, 7) is 2.19. The molecule has 3 atom stereocenters. The van der Waals surface area contributed by atoms with Crippen LogP contribution < -0.4 is 0 Å². The predicted molar refractivity (Wildman–Crippen MR) is 76.9 cm³/mol. The number of ether oxygens (including phenoxy) is 1. The fraction of sp³-hybridized carbons (Fsp3) is 0.588. The van der Waals surface area contributed by atoms with E-state index >= 15 is 0 Å². The van der Waals surface area contributed by atoms with E-state index in [2.05, 4.69) is 6.92 Å². The van der Waals surface area contributed by atoms with E-state index in [9.17, 15) is 9.18 Å². The SMILES string of the molecule is CCCC1CCC(C(=O)OC)C(c2ccc(F)cc2)C1. The Morgan fingerprint density at radius 3 is 2.60 bits per heavy atom. The third-order valence-corrected chi connectivity index (χ3v) is 4.46. The van der Waals surface area contributed by atoms with Gasteiger partial charge in [-0.05, 0) is 48.8 Å². The van der Waals surface area contributed by atoms with Gasteiger partial charge in [0.15, 0.2) is 0 Å². The fourth-order valence-corrected chi connectivity index (χ4v) is 3.44. The van der Waals surface area contributed by atoms with Crippen molar-refractivity contribution in [2.75, 3.05) is 7.11 Å². The van der Waals surface area contributed by atoms with Crippen molar-refractivity contribution in [3.8, 4) is 0 Å². The van der Waals surface area contributed by atoms with E-state index < -0.39 is 0 Å². The van der Waals surface area contributed by atoms with E-state index in [1.165, 1.54) is 32.1 Å². The first-order valence-corrected chi connectivity index (χ1v) is 7.49. The van der Waals surface area contributed by atoms with E-state index in [0.29, 0.717) is 5.92 Å². The van der Waals surface area contributed by atoms with Crippen molar-refractivity contribution < 1.29 is 13.9 Å². The summed E-state index contributed by atoms with van der Waals surface area (Å²) in [5.74, 6) is 0.376. The summed E-state index contributed by atoms with van der Waals surface area (Å²) in [4.78, 5) is 12.0. The zero-order valence-corrected chi connectivity index (χ0v) is 12.3. The Labute approximate surface area is 120 Å². The maximum absolute atomic E-state index is 13.1. The molecule has 0 N–H and O–H groups in total. The number of halogens is 1. The van der Waals surface area contributed by atoms with Crippen LogP contribution in [0, 0.1) is 17.7 Å². The monoisotopic (exact) mass is 278 g/mol. The van der Waals surface area contributed by atoms with Gasteiger partial charge >= 0.3 is 5.97 Å². The fourth-order valence-electron chi connectivity index (χ4n) is 3.44. The van der Waals surface area contributed by atoms with Crippen LogP contribution in [0.1, 0.15) is 50.5 Å². The molecule has 0 saturated heterocycles. The molecule has 1 aromatic carbocycles. The number of carbonyl (C=O) groups excluding carboxylic acids is 1. The molecule has 0 aromatic heterocycles. The number of esters is 1. The lowest BCUT2D eigenvalue weighted by Crippen LogP contribution is -2.30. The molecule has 0 spiro atoms. The number of benzene rings is 1. The number of hydrogen-bond acceptors (Lipinski definition) is 2. The number of rotatable bonds is 4. The Morgan fingerprint density at radius 1 is 1.30 bits per heavy atom. The maximum Gasteiger partial charge on any atom is 0.309 e. The normalized spacial score (nSPS) is 26.2. The van der Waals surface area contributed by atoms with Gasteiger partial charge in [-0.15, -0.1) is 0 Å². The molecule has 2 rings (SSSR count). The molecule has 20 heavy (non-hydrogen) atoms. The van der Waals surface area contributed by atoms with E-state index in [1.807, 2.05) is 12.1 Å². The van der Waals surface area contributed by atoms with Crippen molar-refractivity contribution in [1.29, 1.82) is 0 Å². The van der Waals surface area contributed by atoms with Crippen LogP contribution in [-0.2, 0) is 9.53 Å². The highest BCUT2D eigenvalue weighted by molar-refractivity contribution is 5.73. The average Bonchev–Trinajstić information content (AvgIpc) is 2.47. The molecule has 110 valence electrons. The quantitative estimate of drug-likeness (QED) is 0.768. The third-order valence-electron chi connectivity index (χ3n) is 4.46. The standard InChI is InChI=1S/C17H23FO2/c1-3-4-12-5-10-15(17(19)20-2)16(11-12)13-6-8-14(18)9-7-13/h6-9,12,15-16H,3-5,10-11H2,1-2H3. The van der Waals surface area contributed by atoms with Gasteiger partial charge in [0.05, 0.1) is 13.0 Å². The number of methoxy groups -OCH3 is 1. The Morgan fingerprint density at radius 2 is 2.00 bits per heavy atom. The Kier molecular flexibility index (Phi) is 5.16. The van der Waals surface area contributed by atoms with Crippen molar-refractivity contribution in [3.05, 3.63) is 35.6 Å². The molecule has 1 aromatic rings. The minimum Gasteiger partial charge on any atom is -0.469 e. The van der Waals surface area contributed by atoms with Gasteiger partial charge in [0, 0.05) is 0 Å². The van der Waals surface area contributed by atoms with Crippen LogP contribution in [-0.4, -0.2) is 13.1 Å². The van der Waals surface area contributed by atoms with Gasteiger partial charge in [-0.3, -0.25) is 4.79 Å². The number of hydrogen-bond donors (Lipinski definition) is 0. The Bertz CT molecular complexity index is 441. The summed E-state index contributed by atoms with van der Waals surface area (Å²) in [5.41, 5.74) is 1.06. The second-order valence-corrected chi connectivity index (χ2v) is 5.76. The Balaban J connectivity index is 2.20. The molecule has 0 amide bonds. The second-order valence-electron chi connectivity index (χ2n) is 5.76. The molecule has 3 unspecified atom stereocenters. The third kappa shape index (κ3) is 3.38. The summed E-state index contributed by atoms with van der Waals surface area (Å²) in [5, 5.41) is 0. The van der Waals surface area contributed by atoms with Crippen molar-refractivity contribution in [3.63, 3.8) is 0 Å². The van der Waals surface area contributed by atoms with Crippen molar-refractivity contribution in [1.82, 2.24) is 0 Å². The van der Waals surface area contributed by atoms with E-state index in [1.54, 1.807) is 0 Å². The summed E-state index contributed by atoms with van der Waals surface area (Å²) < 4.78 is 18.0. The second kappa shape index (κ2) is 6.87. The Hall–Kier alpha value is -1.38. The largest absolute Gasteiger partial charge is 0.469 e. The summed E-state index contributed by atoms with van der Waals surface area (Å²) in [6.07, 6.45) is 5.33. The molecular weight excluding hydrogens is 255 g/mol. The lowest BCUT2D eigenvalue weighted by atomic mass is 9.70. The molecule has 1 saturated carbocycles. The molecule has 1 aliphatic rings. The van der Waals surface area contributed by atoms with Gasteiger partial charge in [-0.25, -0.2) is 4.39 Å². The highest BCUT2D eigenvalue weighted by Gasteiger charge is 2.36. The van der Waals surface area contributed by atoms with Gasteiger partial charge in [0.25, 0.3) is 0 Å². The topological polar surface area (TPSA) is 26.3 Å². The van der Waals surface area contributed by atoms with Gasteiger partial charge < -0.3 is 4.74 Å². The zero-order valence-electron chi connectivity index (χ0n) is 12.3. The lowest BCUT2D eigenvalue weighted by molar-refractivity contribution is -0.147. The molecule has 1 aliphatic carbocycles. The van der Waals surface area contributed by atoms with Gasteiger partial charge in [0.2, 0.25) is 0 Å². The lowest BCUT2D eigenvalue weighted by Gasteiger charge is -2.35. The molecule has 0 heterocycles. The van der Waals surface area contributed by atoms with Crippen LogP contribution in [0.25, 0.3) is 0 Å². The van der Waals surface area contributed by atoms with Crippen molar-refractivity contribution in [2.45, 2.75) is 44.9 Å². The van der Waals surface area contributed by atoms with Crippen LogP contribution in [0.4, 0.5) is 4.39 Å². The minimum absolute atomic E-state index is 0.0847. The predicted octanol–water partition coefficient (Wildman–Crippen LogP) is 4.30. The van der Waals surface area contributed by atoms with Crippen LogP contribution in [0.2, 0.25) is 0 Å². The summed E-state index contributed by atoms with van der Waals surface area (Å²) in [6, 6.07) is 6.58. The summed E-state index contributed by atoms with van der Waals surface area (Å²) >= 11 is 0. The van der Waals surface area contributed by atoms with Gasteiger partial charge in [0.1, 0.15) is 5.82 Å². The van der Waals surface area contributed by atoms with Crippen LogP contribution in [0.5, 0.6) is 0 Å². The minimum atomic E-state index is -0.232. The highest BCUT2D eigenvalue weighted by atomic mass is 19.1. The van der Waals surface area contributed by atoms with E-state index in [-0.39, 0.29) is 23.6 Å². The summed E-state index contributed by atoms with van der Waals surface area (Å²) in [7, 11) is 1.45. The van der Waals surface area contributed by atoms with E-state index in [4.69, 9.17) is 4.74 Å². The average molecular weight is 278 g/mol. The first kappa shape index (κ1) is 15.0. The highest BCUT2D eigenvalue weighted by Crippen LogP contribution is 2.42. The van der Waals surface area contributed by atoms with E-state index in [0.717, 1.165) is 24.8 Å². The molecule has 1 fully saturated rings. The van der Waals surface area contributed by atoms with Gasteiger partial charge in [-0.2, -0.15) is 0 Å². The molecule has 2 nitrogen and oxygen atoms in total. The van der Waals surface area contributed by atoms with Crippen LogP contribution in [0.15, 0.2) is 24.3 Å². The smallest absolute Gasteiger partial charge is 0.309 e. The molecule has 0 aliphatic heterocycles. The van der Waals surface area contributed by atoms with Crippen molar-refractivity contribution in [2.24, 2.45) is 11.8 Å². The van der Waals surface area contributed by atoms with Crippen molar-refractivity contribution >= 4 is 5.97 Å². The van der Waals surface area contributed by atoms with Crippen LogP contribution >= 0.6 is 0 Å². The number of carbonyl (C=O) groups is 1. The molecular formula is C17H23FO2. The molecule has 3 heteroatoms. The van der Waals surface area contributed by atoms with Crippen LogP contribution in [0.3, 0.4) is 0 Å².